The third-order valence-electron chi connectivity index (χ3n) is 2.21. The topological polar surface area (TPSA) is 26.3 Å². The van der Waals surface area contributed by atoms with Crippen molar-refractivity contribution in [2.45, 2.75) is 58.3 Å². The highest BCUT2D eigenvalue weighted by Crippen LogP contribution is 2.08. The SMILES string of the molecule is CCCCCCCCCCOC(=O)Br. The second kappa shape index (κ2) is 11.0. The van der Waals surface area contributed by atoms with E-state index in [1.807, 2.05) is 0 Å². The van der Waals surface area contributed by atoms with Gasteiger partial charge < -0.3 is 4.74 Å². The fourth-order valence-corrected chi connectivity index (χ4v) is 1.55. The van der Waals surface area contributed by atoms with Crippen LogP contribution in [0.2, 0.25) is 0 Å². The van der Waals surface area contributed by atoms with Gasteiger partial charge in [0.15, 0.2) is 0 Å². The molecule has 0 amide bonds. The Bertz CT molecular complexity index is 137. The molecule has 0 fully saturated rings. The maximum atomic E-state index is 10.3. The highest BCUT2D eigenvalue weighted by atomic mass is 79.9. The average Bonchev–Trinajstić information content (AvgIpc) is 2.15. The molecular weight excluding hydrogens is 244 g/mol. The lowest BCUT2D eigenvalue weighted by Crippen LogP contribution is -1.95. The van der Waals surface area contributed by atoms with Gasteiger partial charge in [-0.3, -0.25) is 0 Å². The lowest BCUT2D eigenvalue weighted by atomic mass is 10.1. The number of rotatable bonds is 9. The van der Waals surface area contributed by atoms with Crippen LogP contribution >= 0.6 is 15.9 Å². The average molecular weight is 265 g/mol. The van der Waals surface area contributed by atoms with Crippen molar-refractivity contribution < 1.29 is 9.53 Å². The van der Waals surface area contributed by atoms with Gasteiger partial charge in [-0.2, -0.15) is 0 Å². The van der Waals surface area contributed by atoms with Gasteiger partial charge in [0.05, 0.1) is 6.61 Å². The Hall–Kier alpha value is -0.0500. The van der Waals surface area contributed by atoms with E-state index in [9.17, 15) is 4.79 Å². The first-order chi connectivity index (χ1) is 6.77. The zero-order valence-corrected chi connectivity index (χ0v) is 10.6. The maximum absolute atomic E-state index is 10.3. The molecule has 0 aromatic heterocycles. The van der Waals surface area contributed by atoms with Gasteiger partial charge in [-0.25, -0.2) is 4.79 Å². The Balaban J connectivity index is 2.88. The second-order valence-corrected chi connectivity index (χ2v) is 4.21. The van der Waals surface area contributed by atoms with Crippen molar-refractivity contribution in [3.63, 3.8) is 0 Å². The van der Waals surface area contributed by atoms with E-state index in [4.69, 9.17) is 4.74 Å². The van der Waals surface area contributed by atoms with Gasteiger partial charge in [-0.1, -0.05) is 51.9 Å². The molecule has 0 aromatic carbocycles. The molecule has 0 unspecified atom stereocenters. The van der Waals surface area contributed by atoms with Crippen molar-refractivity contribution in [1.82, 2.24) is 0 Å². The van der Waals surface area contributed by atoms with Gasteiger partial charge in [0.25, 0.3) is 0 Å². The number of carbonyl (C=O) groups excluding carboxylic acids is 1. The Kier molecular flexibility index (Phi) is 11.0. The van der Waals surface area contributed by atoms with Crippen LogP contribution in [0.3, 0.4) is 0 Å². The first-order valence-corrected chi connectivity index (χ1v) is 6.39. The van der Waals surface area contributed by atoms with Crippen LogP contribution in [0, 0.1) is 0 Å². The van der Waals surface area contributed by atoms with Gasteiger partial charge >= 0.3 is 4.88 Å². The quantitative estimate of drug-likeness (QED) is 0.447. The molecule has 0 aliphatic rings. The van der Waals surface area contributed by atoms with Crippen molar-refractivity contribution >= 4 is 20.8 Å². The summed E-state index contributed by atoms with van der Waals surface area (Å²) < 4.78 is 4.76. The van der Waals surface area contributed by atoms with E-state index >= 15 is 0 Å². The van der Waals surface area contributed by atoms with Crippen LogP contribution in [-0.2, 0) is 4.74 Å². The van der Waals surface area contributed by atoms with Crippen molar-refractivity contribution in [3.05, 3.63) is 0 Å². The molecule has 0 aromatic rings. The number of carbonyl (C=O) groups is 1. The molecule has 0 bridgehead atoms. The molecule has 2 nitrogen and oxygen atoms in total. The molecule has 0 atom stereocenters. The highest BCUT2D eigenvalue weighted by molar-refractivity contribution is 9.18. The molecule has 0 aliphatic carbocycles. The predicted molar refractivity (Wildman–Crippen MR) is 62.9 cm³/mol. The zero-order valence-electron chi connectivity index (χ0n) is 9.06. The minimum absolute atomic E-state index is 0.347. The molecule has 0 aliphatic heterocycles. The van der Waals surface area contributed by atoms with Crippen LogP contribution in [0.4, 0.5) is 4.79 Å². The second-order valence-electron chi connectivity index (χ2n) is 3.56. The Morgan fingerprint density at radius 1 is 1.00 bits per heavy atom. The Morgan fingerprint density at radius 3 is 2.00 bits per heavy atom. The summed E-state index contributed by atoms with van der Waals surface area (Å²) in [7, 11) is 0. The van der Waals surface area contributed by atoms with Gasteiger partial charge in [0, 0.05) is 15.9 Å². The highest BCUT2D eigenvalue weighted by Gasteiger charge is 1.94. The summed E-state index contributed by atoms with van der Waals surface area (Å²) in [6, 6.07) is 0. The monoisotopic (exact) mass is 264 g/mol. The summed E-state index contributed by atoms with van der Waals surface area (Å²) in [5.74, 6) is 0. The van der Waals surface area contributed by atoms with Gasteiger partial charge in [0.2, 0.25) is 0 Å². The van der Waals surface area contributed by atoms with E-state index in [-0.39, 0.29) is 4.88 Å². The first-order valence-electron chi connectivity index (χ1n) is 5.59. The third-order valence-corrected chi connectivity index (χ3v) is 2.44. The number of ether oxygens (including phenoxy) is 1. The summed E-state index contributed by atoms with van der Waals surface area (Å²) >= 11 is 2.72. The van der Waals surface area contributed by atoms with E-state index in [0.29, 0.717) is 6.61 Å². The molecule has 0 saturated heterocycles. The number of unbranched alkanes of at least 4 members (excludes halogenated alkanes) is 7. The maximum Gasteiger partial charge on any atom is 0.374 e. The van der Waals surface area contributed by atoms with E-state index in [2.05, 4.69) is 22.9 Å². The van der Waals surface area contributed by atoms with Crippen molar-refractivity contribution in [2.24, 2.45) is 0 Å². The fourth-order valence-electron chi connectivity index (χ4n) is 1.39. The molecule has 14 heavy (non-hydrogen) atoms. The largest absolute Gasteiger partial charge is 0.457 e. The van der Waals surface area contributed by atoms with Crippen LogP contribution in [0.25, 0.3) is 0 Å². The molecule has 0 heterocycles. The number of hydrogen-bond donors (Lipinski definition) is 0. The summed E-state index contributed by atoms with van der Waals surface area (Å²) in [6.45, 7) is 2.79. The minimum Gasteiger partial charge on any atom is -0.457 e. The molecule has 0 rings (SSSR count). The van der Waals surface area contributed by atoms with Crippen LogP contribution in [0.15, 0.2) is 0 Å². The van der Waals surface area contributed by atoms with Crippen LogP contribution in [0.1, 0.15) is 58.3 Å². The van der Waals surface area contributed by atoms with E-state index < -0.39 is 0 Å². The van der Waals surface area contributed by atoms with Crippen LogP contribution in [0.5, 0.6) is 0 Å². The van der Waals surface area contributed by atoms with E-state index in [1.165, 1.54) is 44.9 Å². The summed E-state index contributed by atoms with van der Waals surface area (Å²) in [5, 5.41) is 0. The standard InChI is InChI=1S/C11H21BrO2/c1-2-3-4-5-6-7-8-9-10-14-11(12)13/h2-10H2,1H3. The third kappa shape index (κ3) is 11.9. The van der Waals surface area contributed by atoms with E-state index in [1.54, 1.807) is 0 Å². The number of halogens is 1. The smallest absolute Gasteiger partial charge is 0.374 e. The van der Waals surface area contributed by atoms with Crippen molar-refractivity contribution in [2.75, 3.05) is 6.61 Å². The zero-order chi connectivity index (χ0) is 10.6. The predicted octanol–water partition coefficient (Wildman–Crippen LogP) is 4.66. The van der Waals surface area contributed by atoms with Crippen LogP contribution in [-0.4, -0.2) is 11.5 Å². The fraction of sp³-hybridized carbons (Fsp3) is 0.909. The Morgan fingerprint density at radius 2 is 1.50 bits per heavy atom. The summed E-state index contributed by atoms with van der Waals surface area (Å²) in [4.78, 5) is 10.00. The molecular formula is C11H21BrO2. The lowest BCUT2D eigenvalue weighted by Gasteiger charge is -2.01. The van der Waals surface area contributed by atoms with Gasteiger partial charge in [-0.05, 0) is 6.42 Å². The van der Waals surface area contributed by atoms with Crippen molar-refractivity contribution in [3.8, 4) is 0 Å². The molecule has 0 radical (unpaired) electrons. The van der Waals surface area contributed by atoms with E-state index in [0.717, 1.165) is 6.42 Å². The Labute approximate surface area is 95.5 Å². The molecule has 84 valence electrons. The van der Waals surface area contributed by atoms with Crippen molar-refractivity contribution in [1.29, 1.82) is 0 Å². The van der Waals surface area contributed by atoms with Gasteiger partial charge in [0.1, 0.15) is 0 Å². The first kappa shape index (κ1) is 13.9. The molecule has 0 spiro atoms. The minimum atomic E-state index is -0.347. The molecule has 0 saturated carbocycles. The van der Waals surface area contributed by atoms with Crippen LogP contribution < -0.4 is 0 Å². The van der Waals surface area contributed by atoms with Gasteiger partial charge in [-0.15, -0.1) is 0 Å². The summed E-state index contributed by atoms with van der Waals surface area (Å²) in [5.41, 5.74) is 0. The molecule has 0 N–H and O–H groups in total. The number of hydrogen-bond acceptors (Lipinski definition) is 2. The lowest BCUT2D eigenvalue weighted by molar-refractivity contribution is 0.174. The normalized spacial score (nSPS) is 10.1. The molecule has 3 heteroatoms. The summed E-state index contributed by atoms with van der Waals surface area (Å²) in [6.07, 6.45) is 10.1.